The molecule has 6 nitrogen and oxygen atoms in total. The quantitative estimate of drug-likeness (QED) is 0.448. The van der Waals surface area contributed by atoms with Crippen LogP contribution in [0, 0.1) is 4.91 Å². The normalized spacial score (nSPS) is 10.2. The molecule has 0 atom stereocenters. The molecule has 0 spiro atoms. The first kappa shape index (κ1) is 19.1. The van der Waals surface area contributed by atoms with Gasteiger partial charge in [-0.15, -0.1) is 4.91 Å². The largest absolute Gasteiger partial charge is 0.487 e. The highest BCUT2D eigenvalue weighted by molar-refractivity contribution is 5.91. The van der Waals surface area contributed by atoms with Gasteiger partial charge in [-0.3, -0.25) is 4.79 Å². The van der Waals surface area contributed by atoms with Crippen LogP contribution in [0.15, 0.2) is 84.1 Å². The third-order valence-electron chi connectivity index (χ3n) is 4.08. The average Bonchev–Trinajstić information content (AvgIpc) is 2.72. The molecule has 3 rings (SSSR count). The third-order valence-corrected chi connectivity index (χ3v) is 4.08. The number of ether oxygens (including phenoxy) is 1. The summed E-state index contributed by atoms with van der Waals surface area (Å²) in [5.41, 5.74) is 3.02. The van der Waals surface area contributed by atoms with Crippen molar-refractivity contribution >= 4 is 17.3 Å². The Labute approximate surface area is 163 Å². The van der Waals surface area contributed by atoms with E-state index >= 15 is 0 Å². The van der Waals surface area contributed by atoms with Gasteiger partial charge in [0, 0.05) is 6.92 Å². The zero-order valence-electron chi connectivity index (χ0n) is 15.5. The molecule has 0 heterocycles. The molecule has 0 fully saturated rings. The lowest BCUT2D eigenvalue weighted by molar-refractivity contribution is -0.114. The van der Waals surface area contributed by atoms with Gasteiger partial charge >= 0.3 is 0 Å². The number of nitroso groups, excluding NO2 is 1. The zero-order valence-corrected chi connectivity index (χ0v) is 15.5. The number of hydrogen-bond donors (Lipinski definition) is 1. The van der Waals surface area contributed by atoms with Crippen LogP contribution in [-0.2, 0) is 17.9 Å². The number of hydrogen-bond acceptors (Lipinski definition) is 4. The van der Waals surface area contributed by atoms with Crippen LogP contribution in [0.4, 0.5) is 11.4 Å². The Morgan fingerprint density at radius 2 is 1.61 bits per heavy atom. The number of nitrogens with zero attached hydrogens (tertiary/aromatic N) is 2. The van der Waals surface area contributed by atoms with Crippen LogP contribution in [0.1, 0.15) is 18.1 Å². The SMILES string of the molecule is CC(=O)Nc1cc(N(Cc2ccccc2)N=O)ccc1OCc1ccccc1. The Morgan fingerprint density at radius 1 is 0.964 bits per heavy atom. The second-order valence-electron chi connectivity index (χ2n) is 6.26. The summed E-state index contributed by atoms with van der Waals surface area (Å²) in [7, 11) is 0. The molecule has 0 bridgehead atoms. The zero-order chi connectivity index (χ0) is 19.8. The molecule has 0 radical (unpaired) electrons. The van der Waals surface area contributed by atoms with Crippen molar-refractivity contribution in [1.82, 2.24) is 0 Å². The number of rotatable bonds is 8. The van der Waals surface area contributed by atoms with Gasteiger partial charge in [-0.1, -0.05) is 60.7 Å². The van der Waals surface area contributed by atoms with E-state index in [1.165, 1.54) is 11.9 Å². The van der Waals surface area contributed by atoms with Gasteiger partial charge in [0.2, 0.25) is 5.91 Å². The Morgan fingerprint density at radius 3 is 2.21 bits per heavy atom. The Balaban J connectivity index is 1.82. The van der Waals surface area contributed by atoms with Crippen molar-refractivity contribution < 1.29 is 9.53 Å². The molecule has 0 aromatic heterocycles. The maximum Gasteiger partial charge on any atom is 0.221 e. The van der Waals surface area contributed by atoms with Gasteiger partial charge in [0.25, 0.3) is 0 Å². The van der Waals surface area contributed by atoms with Gasteiger partial charge in [-0.05, 0) is 29.3 Å². The summed E-state index contributed by atoms with van der Waals surface area (Å²) >= 11 is 0. The molecule has 1 N–H and O–H groups in total. The number of carbonyl (C=O) groups excluding carboxylic acids is 1. The topological polar surface area (TPSA) is 71.0 Å². The number of benzene rings is 3. The molecule has 0 saturated heterocycles. The fourth-order valence-electron chi connectivity index (χ4n) is 2.75. The summed E-state index contributed by atoms with van der Waals surface area (Å²) in [6.07, 6.45) is 0. The molecule has 0 aliphatic heterocycles. The van der Waals surface area contributed by atoms with Crippen LogP contribution in [0.3, 0.4) is 0 Å². The molecular weight excluding hydrogens is 354 g/mol. The molecule has 6 heteroatoms. The molecule has 0 saturated carbocycles. The minimum absolute atomic E-state index is 0.226. The van der Waals surface area contributed by atoms with E-state index in [2.05, 4.69) is 10.6 Å². The van der Waals surface area contributed by atoms with Gasteiger partial charge in [0.1, 0.15) is 12.4 Å². The highest BCUT2D eigenvalue weighted by Gasteiger charge is 2.13. The van der Waals surface area contributed by atoms with Crippen LogP contribution in [-0.4, -0.2) is 5.91 Å². The van der Waals surface area contributed by atoms with Gasteiger partial charge in [0.15, 0.2) is 0 Å². The molecular formula is C22H21N3O3. The van der Waals surface area contributed by atoms with Crippen LogP contribution in [0.2, 0.25) is 0 Å². The maximum absolute atomic E-state index is 11.6. The minimum atomic E-state index is -0.226. The van der Waals surface area contributed by atoms with Crippen molar-refractivity contribution in [2.75, 3.05) is 10.3 Å². The first-order valence-electron chi connectivity index (χ1n) is 8.89. The van der Waals surface area contributed by atoms with E-state index in [9.17, 15) is 9.70 Å². The molecule has 0 aliphatic rings. The fraction of sp³-hybridized carbons (Fsp3) is 0.136. The van der Waals surface area contributed by atoms with E-state index in [1.807, 2.05) is 60.7 Å². The number of nitrogens with one attached hydrogen (secondary N) is 1. The van der Waals surface area contributed by atoms with E-state index in [1.54, 1.807) is 18.2 Å². The predicted octanol–water partition coefficient (Wildman–Crippen LogP) is 4.91. The summed E-state index contributed by atoms with van der Waals surface area (Å²) in [5, 5.41) is 7.22. The lowest BCUT2D eigenvalue weighted by atomic mass is 10.2. The van der Waals surface area contributed by atoms with Crippen molar-refractivity contribution in [3.63, 3.8) is 0 Å². The first-order valence-corrected chi connectivity index (χ1v) is 8.89. The lowest BCUT2D eigenvalue weighted by Gasteiger charge is -2.18. The molecule has 0 unspecified atom stereocenters. The number of anilines is 2. The summed E-state index contributed by atoms with van der Waals surface area (Å²) in [5.74, 6) is 0.295. The van der Waals surface area contributed by atoms with Crippen LogP contribution >= 0.6 is 0 Å². The van der Waals surface area contributed by atoms with Gasteiger partial charge in [-0.25, -0.2) is 5.01 Å². The fourth-order valence-corrected chi connectivity index (χ4v) is 2.75. The molecule has 28 heavy (non-hydrogen) atoms. The smallest absolute Gasteiger partial charge is 0.221 e. The Hall–Kier alpha value is -3.67. The maximum atomic E-state index is 11.6. The van der Waals surface area contributed by atoms with Crippen LogP contribution < -0.4 is 15.1 Å². The second-order valence-corrected chi connectivity index (χ2v) is 6.26. The third kappa shape index (κ3) is 5.17. The number of amides is 1. The van der Waals surface area contributed by atoms with Crippen molar-refractivity contribution in [3.05, 3.63) is 94.9 Å². The van der Waals surface area contributed by atoms with Crippen molar-refractivity contribution in [2.24, 2.45) is 5.29 Å². The molecule has 3 aromatic rings. The van der Waals surface area contributed by atoms with E-state index in [-0.39, 0.29) is 5.91 Å². The summed E-state index contributed by atoms with van der Waals surface area (Å²) in [4.78, 5) is 23.0. The monoisotopic (exact) mass is 375 g/mol. The average molecular weight is 375 g/mol. The summed E-state index contributed by atoms with van der Waals surface area (Å²) in [6, 6.07) is 24.5. The Kier molecular flexibility index (Phi) is 6.36. The van der Waals surface area contributed by atoms with Crippen molar-refractivity contribution in [1.29, 1.82) is 0 Å². The predicted molar refractivity (Wildman–Crippen MR) is 110 cm³/mol. The molecule has 142 valence electrons. The first-order chi connectivity index (χ1) is 13.7. The Bertz CT molecular complexity index is 930. The van der Waals surface area contributed by atoms with E-state index in [0.29, 0.717) is 30.3 Å². The summed E-state index contributed by atoms with van der Waals surface area (Å²) < 4.78 is 5.87. The molecule has 3 aromatic carbocycles. The molecule has 1 amide bonds. The van der Waals surface area contributed by atoms with E-state index < -0.39 is 0 Å². The number of carbonyl (C=O) groups is 1. The highest BCUT2D eigenvalue weighted by atomic mass is 16.5. The summed E-state index contributed by atoms with van der Waals surface area (Å²) in [6.45, 7) is 2.12. The van der Waals surface area contributed by atoms with Gasteiger partial charge in [0.05, 0.1) is 23.2 Å². The minimum Gasteiger partial charge on any atom is -0.487 e. The van der Waals surface area contributed by atoms with E-state index in [4.69, 9.17) is 4.74 Å². The van der Waals surface area contributed by atoms with Gasteiger partial charge < -0.3 is 10.1 Å². The van der Waals surface area contributed by atoms with Crippen LogP contribution in [0.5, 0.6) is 5.75 Å². The standard InChI is InChI=1S/C22H21N3O3/c1-17(26)23-21-14-20(25(24-27)15-18-8-4-2-5-9-18)12-13-22(21)28-16-19-10-6-3-7-11-19/h2-14H,15-16H2,1H3,(H,23,26). The van der Waals surface area contributed by atoms with Crippen molar-refractivity contribution in [2.45, 2.75) is 20.1 Å². The molecule has 0 aliphatic carbocycles. The van der Waals surface area contributed by atoms with Gasteiger partial charge in [-0.2, -0.15) is 0 Å². The second kappa shape index (κ2) is 9.32. The van der Waals surface area contributed by atoms with Crippen molar-refractivity contribution in [3.8, 4) is 5.75 Å². The lowest BCUT2D eigenvalue weighted by Crippen LogP contribution is -2.15. The van der Waals surface area contributed by atoms with Crippen LogP contribution in [0.25, 0.3) is 0 Å². The highest BCUT2D eigenvalue weighted by Crippen LogP contribution is 2.31. The van der Waals surface area contributed by atoms with E-state index in [0.717, 1.165) is 11.1 Å².